The first-order chi connectivity index (χ1) is 13.0. The van der Waals surface area contributed by atoms with Crippen molar-refractivity contribution < 1.29 is 14.0 Å². The Bertz CT molecular complexity index is 822. The number of nitrogens with one attached hydrogen (secondary N) is 1. The lowest BCUT2D eigenvalue weighted by Gasteiger charge is -2.25. The molecule has 1 atom stereocenters. The third-order valence-electron chi connectivity index (χ3n) is 4.95. The Morgan fingerprint density at radius 3 is 2.59 bits per heavy atom. The number of carbonyl (C=O) groups excluding carboxylic acids is 2. The predicted octanol–water partition coefficient (Wildman–Crippen LogP) is 3.58. The number of anilines is 2. The molecule has 27 heavy (non-hydrogen) atoms. The summed E-state index contributed by atoms with van der Waals surface area (Å²) >= 11 is 0. The average molecular weight is 369 g/mol. The van der Waals surface area contributed by atoms with Crippen molar-refractivity contribution in [3.8, 4) is 0 Å². The first-order valence-electron chi connectivity index (χ1n) is 9.10. The second kappa shape index (κ2) is 8.31. The van der Waals surface area contributed by atoms with Gasteiger partial charge >= 0.3 is 0 Å². The molecule has 6 heteroatoms. The zero-order valence-electron chi connectivity index (χ0n) is 15.6. The minimum absolute atomic E-state index is 0.0354. The second-order valence-electron chi connectivity index (χ2n) is 6.86. The minimum Gasteiger partial charge on any atom is -0.323 e. The maximum absolute atomic E-state index is 13.1. The fourth-order valence-corrected chi connectivity index (χ4v) is 3.27. The molecule has 1 aliphatic rings. The van der Waals surface area contributed by atoms with E-state index in [1.165, 1.54) is 12.1 Å². The highest BCUT2D eigenvalue weighted by atomic mass is 19.1. The molecular formula is C21H24FN3O2. The van der Waals surface area contributed by atoms with E-state index < -0.39 is 0 Å². The van der Waals surface area contributed by atoms with Gasteiger partial charge in [0, 0.05) is 19.0 Å². The van der Waals surface area contributed by atoms with Crippen LogP contribution in [0.2, 0.25) is 0 Å². The Hall–Kier alpha value is -2.73. The van der Waals surface area contributed by atoms with Crippen LogP contribution in [0.25, 0.3) is 0 Å². The van der Waals surface area contributed by atoms with E-state index in [1.54, 1.807) is 17.0 Å². The molecule has 1 heterocycles. The monoisotopic (exact) mass is 369 g/mol. The summed E-state index contributed by atoms with van der Waals surface area (Å²) in [7, 11) is 1.85. The van der Waals surface area contributed by atoms with Crippen LogP contribution < -0.4 is 10.2 Å². The van der Waals surface area contributed by atoms with Crippen molar-refractivity contribution in [3.63, 3.8) is 0 Å². The van der Waals surface area contributed by atoms with E-state index in [0.29, 0.717) is 18.7 Å². The number of likely N-dealkylation sites (N-methyl/N-ethyl adjacent to an activating group) is 1. The van der Waals surface area contributed by atoms with Crippen LogP contribution in [0, 0.1) is 5.82 Å². The van der Waals surface area contributed by atoms with E-state index in [2.05, 4.69) is 5.32 Å². The van der Waals surface area contributed by atoms with Gasteiger partial charge in [0.15, 0.2) is 0 Å². The van der Waals surface area contributed by atoms with Crippen molar-refractivity contribution >= 4 is 23.2 Å². The van der Waals surface area contributed by atoms with Crippen LogP contribution in [0.3, 0.4) is 0 Å². The molecule has 1 aliphatic heterocycles. The molecule has 1 unspecified atom stereocenters. The van der Waals surface area contributed by atoms with Gasteiger partial charge in [-0.15, -0.1) is 0 Å². The quantitative estimate of drug-likeness (QED) is 0.847. The Morgan fingerprint density at radius 1 is 1.22 bits per heavy atom. The summed E-state index contributed by atoms with van der Waals surface area (Å²) in [5.74, 6) is -0.358. The maximum Gasteiger partial charge on any atom is 0.238 e. The van der Waals surface area contributed by atoms with Gasteiger partial charge in [0.1, 0.15) is 5.82 Å². The highest BCUT2D eigenvalue weighted by molar-refractivity contribution is 6.02. The van der Waals surface area contributed by atoms with Gasteiger partial charge in [-0.1, -0.05) is 24.3 Å². The normalized spacial score (nSPS) is 15.3. The van der Waals surface area contributed by atoms with Gasteiger partial charge in [-0.2, -0.15) is 0 Å². The third kappa shape index (κ3) is 4.52. The molecule has 1 saturated heterocycles. The predicted molar refractivity (Wildman–Crippen MR) is 104 cm³/mol. The molecule has 1 N–H and O–H groups in total. The summed E-state index contributed by atoms with van der Waals surface area (Å²) in [6.45, 7) is 2.82. The number of benzene rings is 2. The van der Waals surface area contributed by atoms with Crippen molar-refractivity contribution in [3.05, 3.63) is 59.9 Å². The summed E-state index contributed by atoms with van der Waals surface area (Å²) < 4.78 is 13.1. The van der Waals surface area contributed by atoms with Gasteiger partial charge in [-0.3, -0.25) is 14.5 Å². The number of carbonyl (C=O) groups is 2. The number of rotatable bonds is 6. The fourth-order valence-electron chi connectivity index (χ4n) is 3.27. The van der Waals surface area contributed by atoms with Crippen LogP contribution in [0.5, 0.6) is 0 Å². The number of hydrogen-bond donors (Lipinski definition) is 1. The van der Waals surface area contributed by atoms with Crippen LogP contribution in [-0.2, 0) is 9.59 Å². The van der Waals surface area contributed by atoms with Crippen LogP contribution in [0.15, 0.2) is 48.5 Å². The van der Waals surface area contributed by atoms with Crippen molar-refractivity contribution in [2.24, 2.45) is 0 Å². The molecule has 0 spiro atoms. The molecule has 2 aromatic carbocycles. The SMILES string of the molecule is CC(c1ccc(F)cc1)N(C)CC(=O)Nc1ccccc1N1CCCC1=O. The maximum atomic E-state index is 13.1. The van der Waals surface area contributed by atoms with Gasteiger partial charge < -0.3 is 10.2 Å². The molecule has 3 rings (SSSR count). The zero-order chi connectivity index (χ0) is 19.4. The molecule has 0 bridgehead atoms. The zero-order valence-corrected chi connectivity index (χ0v) is 15.6. The first-order valence-corrected chi connectivity index (χ1v) is 9.10. The molecule has 0 saturated carbocycles. The number of halogens is 1. The highest BCUT2D eigenvalue weighted by Crippen LogP contribution is 2.29. The van der Waals surface area contributed by atoms with E-state index in [0.717, 1.165) is 17.7 Å². The Morgan fingerprint density at radius 2 is 1.93 bits per heavy atom. The van der Waals surface area contributed by atoms with Crippen molar-refractivity contribution in [1.82, 2.24) is 4.90 Å². The summed E-state index contributed by atoms with van der Waals surface area (Å²) in [6.07, 6.45) is 1.37. The van der Waals surface area contributed by atoms with Gasteiger partial charge in [0.05, 0.1) is 17.9 Å². The lowest BCUT2D eigenvalue weighted by molar-refractivity contribution is -0.118. The highest BCUT2D eigenvalue weighted by Gasteiger charge is 2.24. The minimum atomic E-state index is -0.278. The smallest absolute Gasteiger partial charge is 0.238 e. The van der Waals surface area contributed by atoms with Gasteiger partial charge in [-0.05, 0) is 50.2 Å². The largest absolute Gasteiger partial charge is 0.323 e. The molecule has 0 aliphatic carbocycles. The van der Waals surface area contributed by atoms with Crippen molar-refractivity contribution in [2.75, 3.05) is 30.4 Å². The van der Waals surface area contributed by atoms with Crippen LogP contribution in [0.1, 0.15) is 31.4 Å². The lowest BCUT2D eigenvalue weighted by atomic mass is 10.1. The number of nitrogens with zero attached hydrogens (tertiary/aromatic N) is 2. The summed E-state index contributed by atoms with van der Waals surface area (Å²) in [4.78, 5) is 28.2. The molecule has 5 nitrogen and oxygen atoms in total. The molecule has 142 valence electrons. The molecule has 2 aromatic rings. The third-order valence-corrected chi connectivity index (χ3v) is 4.95. The summed E-state index contributed by atoms with van der Waals surface area (Å²) in [5, 5.41) is 2.92. The van der Waals surface area contributed by atoms with E-state index in [-0.39, 0.29) is 30.2 Å². The summed E-state index contributed by atoms with van der Waals surface area (Å²) in [5.41, 5.74) is 2.32. The molecule has 2 amide bonds. The van der Waals surface area contributed by atoms with Gasteiger partial charge in [0.2, 0.25) is 11.8 Å². The van der Waals surface area contributed by atoms with Crippen LogP contribution in [0.4, 0.5) is 15.8 Å². The second-order valence-corrected chi connectivity index (χ2v) is 6.86. The van der Waals surface area contributed by atoms with Gasteiger partial charge in [0.25, 0.3) is 0 Å². The van der Waals surface area contributed by atoms with Gasteiger partial charge in [-0.25, -0.2) is 4.39 Å². The lowest BCUT2D eigenvalue weighted by Crippen LogP contribution is -2.33. The first kappa shape index (κ1) is 19.0. The number of para-hydroxylation sites is 2. The molecule has 1 fully saturated rings. The van der Waals surface area contributed by atoms with E-state index in [9.17, 15) is 14.0 Å². The molecule has 0 radical (unpaired) electrons. The number of hydrogen-bond acceptors (Lipinski definition) is 3. The van der Waals surface area contributed by atoms with Crippen LogP contribution in [-0.4, -0.2) is 36.9 Å². The standard InChI is InChI=1S/C21H24FN3O2/c1-15(16-9-11-17(22)12-10-16)24(2)14-20(26)23-18-6-3-4-7-19(18)25-13-5-8-21(25)27/h3-4,6-7,9-12,15H,5,8,13-14H2,1-2H3,(H,23,26). The Labute approximate surface area is 158 Å². The van der Waals surface area contributed by atoms with Crippen molar-refractivity contribution in [2.45, 2.75) is 25.8 Å². The van der Waals surface area contributed by atoms with E-state index in [1.807, 2.05) is 43.1 Å². The van der Waals surface area contributed by atoms with Crippen molar-refractivity contribution in [1.29, 1.82) is 0 Å². The molecular weight excluding hydrogens is 345 g/mol. The van der Waals surface area contributed by atoms with E-state index in [4.69, 9.17) is 0 Å². The average Bonchev–Trinajstić information content (AvgIpc) is 3.08. The molecule has 0 aromatic heterocycles. The fraction of sp³-hybridized carbons (Fsp3) is 0.333. The number of amides is 2. The van der Waals surface area contributed by atoms with Crippen LogP contribution >= 0.6 is 0 Å². The summed E-state index contributed by atoms with van der Waals surface area (Å²) in [6, 6.07) is 13.6. The van der Waals surface area contributed by atoms with E-state index >= 15 is 0 Å². The Kier molecular flexibility index (Phi) is 5.86. The topological polar surface area (TPSA) is 52.7 Å². The Balaban J connectivity index is 1.65.